The minimum Gasteiger partial charge on any atom is -0.467 e. The highest BCUT2D eigenvalue weighted by molar-refractivity contribution is 8.24. The van der Waals surface area contributed by atoms with Crippen molar-refractivity contribution < 1.29 is 36.2 Å². The summed E-state index contributed by atoms with van der Waals surface area (Å²) in [5.74, 6) is -2.03. The highest BCUT2D eigenvalue weighted by Crippen LogP contribution is 2.76. The Balaban J connectivity index is 1.58. The van der Waals surface area contributed by atoms with Crippen LogP contribution < -0.4 is 15.8 Å². The fraction of sp³-hybridized carbons (Fsp3) is 0.400. The van der Waals surface area contributed by atoms with E-state index < -0.39 is 51.4 Å². The number of carbonyl (C=O) groups is 1. The minimum atomic E-state index is -4.55. The van der Waals surface area contributed by atoms with Crippen molar-refractivity contribution in [1.82, 2.24) is 14.3 Å². The van der Waals surface area contributed by atoms with Crippen molar-refractivity contribution in [2.45, 2.75) is 36.2 Å². The molecule has 0 saturated heterocycles. The van der Waals surface area contributed by atoms with Gasteiger partial charge in [0.05, 0.1) is 12.4 Å². The van der Waals surface area contributed by atoms with Crippen molar-refractivity contribution in [2.24, 2.45) is 10.7 Å². The van der Waals surface area contributed by atoms with Crippen LogP contribution >= 0.6 is 10.8 Å². The van der Waals surface area contributed by atoms with Gasteiger partial charge in [-0.15, -0.1) is 10.8 Å². The van der Waals surface area contributed by atoms with Crippen LogP contribution in [0.4, 0.5) is 23.2 Å². The lowest BCUT2D eigenvalue weighted by Crippen LogP contribution is -2.55. The van der Waals surface area contributed by atoms with Gasteiger partial charge in [0, 0.05) is 18.3 Å². The molecular formula is C20H22F4N6O4S. The Kier molecular flexibility index (Phi) is 5.84. The van der Waals surface area contributed by atoms with Crippen molar-refractivity contribution >= 4 is 28.3 Å². The van der Waals surface area contributed by atoms with Crippen LogP contribution in [0.15, 0.2) is 35.6 Å². The van der Waals surface area contributed by atoms with Crippen molar-refractivity contribution in [3.8, 4) is 5.88 Å². The van der Waals surface area contributed by atoms with E-state index in [4.69, 9.17) is 5.73 Å². The number of halogens is 4. The Labute approximate surface area is 198 Å². The van der Waals surface area contributed by atoms with Crippen LogP contribution in [0.2, 0.25) is 0 Å². The van der Waals surface area contributed by atoms with Gasteiger partial charge in [-0.25, -0.2) is 23.7 Å². The number of carbonyl (C=O) groups excluding carboxylic acids is 1. The fourth-order valence-corrected chi connectivity index (χ4v) is 6.24. The predicted octanol–water partition coefficient (Wildman–Crippen LogP) is 3.48. The Bertz CT molecular complexity index is 1190. The topological polar surface area (TPSA) is 146 Å². The summed E-state index contributed by atoms with van der Waals surface area (Å²) in [5.41, 5.74) is 4.41. The quantitative estimate of drug-likeness (QED) is 0.440. The zero-order valence-corrected chi connectivity index (χ0v) is 19.3. The Morgan fingerprint density at radius 1 is 1.29 bits per heavy atom. The maximum Gasteiger partial charge on any atom is 0.422 e. The number of benzene rings is 1. The van der Waals surface area contributed by atoms with Gasteiger partial charge in [-0.05, 0) is 38.0 Å². The number of ether oxygens (including phenoxy) is 1. The molecular weight excluding hydrogens is 496 g/mol. The summed E-state index contributed by atoms with van der Waals surface area (Å²) in [6.07, 6.45) is -2.00. The number of nitrogens with two attached hydrogens (primary N) is 1. The van der Waals surface area contributed by atoms with Gasteiger partial charge in [-0.3, -0.25) is 13.9 Å². The van der Waals surface area contributed by atoms with Gasteiger partial charge in [0.1, 0.15) is 21.8 Å². The second kappa shape index (κ2) is 8.20. The van der Waals surface area contributed by atoms with E-state index in [1.165, 1.54) is 19.2 Å². The molecule has 5 N–H and O–H groups in total. The van der Waals surface area contributed by atoms with Crippen LogP contribution in [0.5, 0.6) is 5.88 Å². The van der Waals surface area contributed by atoms with Crippen LogP contribution in [-0.2, 0) is 5.54 Å². The average Bonchev–Trinajstić information content (AvgIpc) is 3.60. The molecule has 1 aliphatic carbocycles. The number of aliphatic imine (C=N–C) groups is 1. The highest BCUT2D eigenvalue weighted by Gasteiger charge is 2.70. The van der Waals surface area contributed by atoms with E-state index in [0.717, 1.165) is 22.8 Å². The zero-order valence-electron chi connectivity index (χ0n) is 18.5. The molecule has 35 heavy (non-hydrogen) atoms. The molecule has 2 heterocycles. The molecule has 1 fully saturated rings. The molecule has 2 aromatic rings. The summed E-state index contributed by atoms with van der Waals surface area (Å²) >= 11 is 0. The number of anilines is 1. The molecule has 0 bridgehead atoms. The zero-order chi connectivity index (χ0) is 25.8. The molecule has 1 amide bonds. The second-order valence-electron chi connectivity index (χ2n) is 8.35. The van der Waals surface area contributed by atoms with Gasteiger partial charge < -0.3 is 15.8 Å². The number of nitrogens with one attached hydrogen (secondary N) is 1. The lowest BCUT2D eigenvalue weighted by Gasteiger charge is -2.56. The highest BCUT2D eigenvalue weighted by atomic mass is 32.3. The molecule has 2 aliphatic rings. The van der Waals surface area contributed by atoms with Gasteiger partial charge in [-0.1, -0.05) is 0 Å². The van der Waals surface area contributed by atoms with Crippen LogP contribution in [0.1, 0.15) is 35.8 Å². The Hall–Kier alpha value is -3.17. The molecule has 1 aromatic heterocycles. The number of hydrogen-bond acceptors (Lipinski definition) is 9. The largest absolute Gasteiger partial charge is 0.467 e. The van der Waals surface area contributed by atoms with Crippen molar-refractivity contribution in [2.75, 3.05) is 19.0 Å². The Morgan fingerprint density at radius 2 is 1.97 bits per heavy atom. The van der Waals surface area contributed by atoms with Crippen LogP contribution in [-0.4, -0.2) is 59.8 Å². The van der Waals surface area contributed by atoms with E-state index in [1.54, 1.807) is 6.92 Å². The number of amides is 1. The monoisotopic (exact) mass is 518 g/mol. The average molecular weight is 518 g/mol. The first-order valence-corrected chi connectivity index (χ1v) is 11.7. The van der Waals surface area contributed by atoms with E-state index in [9.17, 15) is 27.1 Å². The standard InChI is InChI=1S/C20H22F4N6O4S/c1-18(19(5-6-19)35(32,33)30(2)17(25)29-18)12-7-11(3-4-13(12)21)28-16(31)14-8-27-15(9-26-14)34-10-20(22,23)24/h3-4,7-9,32-33H,5-6,10H2,1-2H3,(H2,25,29)(H,28,31)/t18-/m1/s1. The summed E-state index contributed by atoms with van der Waals surface area (Å²) in [5, 5.41) is 2.51. The maximum atomic E-state index is 15.0. The van der Waals surface area contributed by atoms with E-state index in [2.05, 4.69) is 25.0 Å². The maximum absolute atomic E-state index is 15.0. The molecule has 1 aliphatic heterocycles. The molecule has 10 nitrogen and oxygen atoms in total. The van der Waals surface area contributed by atoms with Crippen molar-refractivity contribution in [3.63, 3.8) is 0 Å². The molecule has 1 aromatic carbocycles. The first-order valence-electron chi connectivity index (χ1n) is 10.2. The van der Waals surface area contributed by atoms with Gasteiger partial charge in [0.2, 0.25) is 11.8 Å². The molecule has 0 unspecified atom stereocenters. The van der Waals surface area contributed by atoms with Crippen molar-refractivity contribution in [3.05, 3.63) is 47.7 Å². The van der Waals surface area contributed by atoms with E-state index in [1.807, 2.05) is 0 Å². The third-order valence-electron chi connectivity index (χ3n) is 6.15. The molecule has 1 saturated carbocycles. The number of alkyl halides is 3. The first kappa shape index (κ1) is 24.9. The number of aromatic nitrogens is 2. The van der Waals surface area contributed by atoms with E-state index in [0.29, 0.717) is 12.8 Å². The van der Waals surface area contributed by atoms with E-state index in [-0.39, 0.29) is 22.9 Å². The third kappa shape index (κ3) is 4.23. The van der Waals surface area contributed by atoms with Crippen LogP contribution in [0, 0.1) is 5.82 Å². The van der Waals surface area contributed by atoms with Gasteiger partial charge in [0.25, 0.3) is 5.91 Å². The molecule has 15 heteroatoms. The molecule has 190 valence electrons. The molecule has 4 rings (SSSR count). The van der Waals surface area contributed by atoms with Crippen molar-refractivity contribution in [1.29, 1.82) is 0 Å². The van der Waals surface area contributed by atoms with Gasteiger partial charge >= 0.3 is 6.18 Å². The van der Waals surface area contributed by atoms with Crippen LogP contribution in [0.3, 0.4) is 0 Å². The number of hydrogen-bond donors (Lipinski definition) is 4. The number of nitrogens with zero attached hydrogens (tertiary/aromatic N) is 4. The van der Waals surface area contributed by atoms with E-state index >= 15 is 4.39 Å². The number of rotatable bonds is 5. The molecule has 0 radical (unpaired) electrons. The first-order chi connectivity index (χ1) is 16.2. The lowest BCUT2D eigenvalue weighted by molar-refractivity contribution is -0.154. The summed E-state index contributed by atoms with van der Waals surface area (Å²) in [7, 11) is -2.02. The molecule has 1 spiro atoms. The van der Waals surface area contributed by atoms with Gasteiger partial charge in [-0.2, -0.15) is 13.2 Å². The third-order valence-corrected chi connectivity index (χ3v) is 8.96. The summed E-state index contributed by atoms with van der Waals surface area (Å²) in [6, 6.07) is 3.70. The predicted molar refractivity (Wildman–Crippen MR) is 119 cm³/mol. The lowest BCUT2D eigenvalue weighted by atomic mass is 9.86. The van der Waals surface area contributed by atoms with Crippen LogP contribution in [0.25, 0.3) is 0 Å². The SMILES string of the molecule is CN1C(N)=N[C@](C)(c2cc(NC(=O)c3cnc(OCC(F)(F)F)cn3)ccc2F)C2(CC2)S1(O)O. The molecule has 1 atom stereocenters. The normalized spacial score (nSPS) is 23.4. The summed E-state index contributed by atoms with van der Waals surface area (Å²) in [6.45, 7) is 0.00250. The minimum absolute atomic E-state index is 0.00538. The summed E-state index contributed by atoms with van der Waals surface area (Å²) in [4.78, 5) is 24.4. The Morgan fingerprint density at radius 3 is 2.54 bits per heavy atom. The number of guanidine groups is 1. The van der Waals surface area contributed by atoms with Gasteiger partial charge in [0.15, 0.2) is 6.61 Å². The second-order valence-corrected chi connectivity index (χ2v) is 10.7. The fourth-order valence-electron chi connectivity index (χ4n) is 4.08. The smallest absolute Gasteiger partial charge is 0.422 e. The summed E-state index contributed by atoms with van der Waals surface area (Å²) < 4.78 is 77.9.